The second-order valence-corrected chi connectivity index (χ2v) is 4.38. The lowest BCUT2D eigenvalue weighted by atomic mass is 9.99. The van der Waals surface area contributed by atoms with E-state index in [9.17, 15) is 8.78 Å². The van der Waals surface area contributed by atoms with Gasteiger partial charge >= 0.3 is 0 Å². The second-order valence-electron chi connectivity index (χ2n) is 4.38. The first-order valence-electron chi connectivity index (χ1n) is 6.09. The normalized spacial score (nSPS) is 10.9. The van der Waals surface area contributed by atoms with Gasteiger partial charge in [-0.1, -0.05) is 24.3 Å². The van der Waals surface area contributed by atoms with E-state index in [0.717, 1.165) is 11.1 Å². The number of nitrogens with zero attached hydrogens (tertiary/aromatic N) is 3. The lowest BCUT2D eigenvalue weighted by Crippen LogP contribution is -2.13. The lowest BCUT2D eigenvalue weighted by Gasteiger charge is -2.18. The van der Waals surface area contributed by atoms with Crippen LogP contribution < -0.4 is 0 Å². The molecule has 1 aromatic heterocycles. The van der Waals surface area contributed by atoms with Gasteiger partial charge in [0.25, 0.3) is 0 Å². The Morgan fingerprint density at radius 2 is 1.30 bits per heavy atom. The monoisotopic (exact) mass is 269 g/mol. The van der Waals surface area contributed by atoms with Crippen molar-refractivity contribution in [3.63, 3.8) is 0 Å². The largest absolute Gasteiger partial charge is 0.241 e. The van der Waals surface area contributed by atoms with Gasteiger partial charge in [0.1, 0.15) is 30.3 Å². The average molecular weight is 269 g/mol. The summed E-state index contributed by atoms with van der Waals surface area (Å²) in [6.07, 6.45) is 3.01. The minimum absolute atomic E-state index is 0.265. The molecule has 3 rings (SSSR count). The van der Waals surface area contributed by atoms with E-state index < -0.39 is 0 Å². The standard InChI is InChI=1S/C15H11F2N3/c16-13-5-1-11(2-6-13)15(20-10-18-9-19-20)12-3-7-14(17)8-4-12/h1-10,15H/i16-1,17-1. The number of aromatic nitrogens is 3. The fourth-order valence-electron chi connectivity index (χ4n) is 2.14. The molecule has 0 bridgehead atoms. The maximum atomic E-state index is 13.1. The van der Waals surface area contributed by atoms with Crippen molar-refractivity contribution in [1.82, 2.24) is 14.8 Å². The molecule has 0 fully saturated rings. The van der Waals surface area contributed by atoms with Crippen molar-refractivity contribution in [3.05, 3.63) is 83.9 Å². The molecule has 2 aromatic carbocycles. The Labute approximate surface area is 114 Å². The summed E-state index contributed by atoms with van der Waals surface area (Å²) in [4.78, 5) is 3.93. The highest BCUT2D eigenvalue weighted by atomic mass is 18.2. The molecular weight excluding hydrogens is 258 g/mol. The molecule has 20 heavy (non-hydrogen) atoms. The summed E-state index contributed by atoms with van der Waals surface area (Å²) in [5, 5.41) is 4.13. The van der Waals surface area contributed by atoms with E-state index in [-0.39, 0.29) is 17.7 Å². The molecule has 0 spiro atoms. The first-order chi connectivity index (χ1) is 9.74. The van der Waals surface area contributed by atoms with Gasteiger partial charge in [0.2, 0.25) is 0 Å². The van der Waals surface area contributed by atoms with Crippen LogP contribution in [0.25, 0.3) is 0 Å². The van der Waals surface area contributed by atoms with Crippen LogP contribution in [0.1, 0.15) is 17.2 Å². The van der Waals surface area contributed by atoms with Crippen molar-refractivity contribution in [1.29, 1.82) is 0 Å². The lowest BCUT2D eigenvalue weighted by molar-refractivity contribution is 0.584. The number of hydrogen-bond acceptors (Lipinski definition) is 2. The first kappa shape index (κ1) is 12.5. The number of benzene rings is 2. The zero-order chi connectivity index (χ0) is 13.9. The van der Waals surface area contributed by atoms with Crippen molar-refractivity contribution < 1.29 is 8.78 Å². The molecule has 0 unspecified atom stereocenters. The predicted octanol–water partition coefficient (Wildman–Crippen LogP) is 3.19. The number of hydrogen-bond donors (Lipinski definition) is 0. The summed E-state index contributed by atoms with van der Waals surface area (Å²) >= 11 is 0. The molecule has 0 aliphatic rings. The van der Waals surface area contributed by atoms with Crippen LogP contribution in [0.4, 0.5) is 8.78 Å². The van der Waals surface area contributed by atoms with Gasteiger partial charge in [-0.3, -0.25) is 0 Å². The van der Waals surface area contributed by atoms with Gasteiger partial charge < -0.3 is 0 Å². The fraction of sp³-hybridized carbons (Fsp3) is 0.0667. The van der Waals surface area contributed by atoms with Gasteiger partial charge in [0, 0.05) is 0 Å². The highest BCUT2D eigenvalue weighted by Gasteiger charge is 2.17. The van der Waals surface area contributed by atoms with Crippen LogP contribution in [0.15, 0.2) is 61.2 Å². The van der Waals surface area contributed by atoms with Crippen LogP contribution in [0.3, 0.4) is 0 Å². The van der Waals surface area contributed by atoms with Gasteiger partial charge in [-0.15, -0.1) is 0 Å². The van der Waals surface area contributed by atoms with E-state index in [1.807, 2.05) is 0 Å². The van der Waals surface area contributed by atoms with Crippen LogP contribution in [-0.4, -0.2) is 14.8 Å². The van der Waals surface area contributed by atoms with Crippen molar-refractivity contribution in [2.75, 3.05) is 0 Å². The summed E-state index contributed by atoms with van der Waals surface area (Å²) in [7, 11) is 0. The maximum absolute atomic E-state index is 13.1. The molecular formula is C15H11F2N3. The van der Waals surface area contributed by atoms with Gasteiger partial charge in [0.05, 0.1) is 0 Å². The van der Waals surface area contributed by atoms with Gasteiger partial charge in [-0.25, -0.2) is 18.4 Å². The smallest absolute Gasteiger partial charge is 0.137 e. The van der Waals surface area contributed by atoms with Crippen molar-refractivity contribution in [2.24, 2.45) is 0 Å². The molecule has 0 aliphatic heterocycles. The van der Waals surface area contributed by atoms with E-state index in [2.05, 4.69) is 10.1 Å². The summed E-state index contributed by atoms with van der Waals surface area (Å²) in [6.45, 7) is 0. The van der Waals surface area contributed by atoms with Crippen molar-refractivity contribution in [3.8, 4) is 0 Å². The van der Waals surface area contributed by atoms with Crippen LogP contribution >= 0.6 is 0 Å². The van der Waals surface area contributed by atoms with Gasteiger partial charge in [-0.2, -0.15) is 5.10 Å². The highest BCUT2D eigenvalue weighted by Crippen LogP contribution is 2.26. The van der Waals surface area contributed by atoms with Gasteiger partial charge in [0.15, 0.2) is 0 Å². The number of halogens is 2. The Morgan fingerprint density at radius 3 is 1.70 bits per heavy atom. The third-order valence-electron chi connectivity index (χ3n) is 3.07. The molecule has 0 saturated carbocycles. The van der Waals surface area contributed by atoms with E-state index >= 15 is 0 Å². The molecule has 1 heterocycles. The molecule has 3 nitrogen and oxygen atoms in total. The minimum Gasteiger partial charge on any atom is -0.241 e. The Hall–Kier alpha value is -2.56. The van der Waals surface area contributed by atoms with Crippen LogP contribution in [-0.2, 0) is 0 Å². The Balaban J connectivity index is 2.09. The van der Waals surface area contributed by atoms with Crippen molar-refractivity contribution in [2.45, 2.75) is 6.04 Å². The molecule has 3 aromatic rings. The zero-order valence-electron chi connectivity index (χ0n) is 10.4. The van der Waals surface area contributed by atoms with Crippen LogP contribution in [0, 0.1) is 11.6 Å². The van der Waals surface area contributed by atoms with Gasteiger partial charge in [-0.05, 0) is 35.4 Å². The molecule has 0 atom stereocenters. The fourth-order valence-corrected chi connectivity index (χ4v) is 2.14. The summed E-state index contributed by atoms with van der Waals surface area (Å²) in [6, 6.07) is 12.0. The maximum Gasteiger partial charge on any atom is 0.137 e. The molecule has 100 valence electrons. The summed E-state index contributed by atoms with van der Waals surface area (Å²) in [5.74, 6) is -0.601. The Morgan fingerprint density at radius 1 is 0.800 bits per heavy atom. The highest BCUT2D eigenvalue weighted by molar-refractivity contribution is 5.32. The topological polar surface area (TPSA) is 30.7 Å². The third-order valence-corrected chi connectivity index (χ3v) is 3.07. The van der Waals surface area contributed by atoms with Crippen LogP contribution in [0.2, 0.25) is 0 Å². The molecule has 0 saturated heterocycles. The Kier molecular flexibility index (Phi) is 3.25. The molecule has 0 N–H and O–H groups in total. The van der Waals surface area contributed by atoms with E-state index in [0.29, 0.717) is 0 Å². The second kappa shape index (κ2) is 5.21. The third kappa shape index (κ3) is 2.42. The predicted molar refractivity (Wildman–Crippen MR) is 70.1 cm³/mol. The number of rotatable bonds is 3. The minimum atomic E-state index is -0.301. The molecule has 0 aliphatic carbocycles. The molecule has 0 amide bonds. The van der Waals surface area contributed by atoms with Crippen LogP contribution in [0.5, 0.6) is 0 Å². The zero-order valence-corrected chi connectivity index (χ0v) is 10.4. The SMILES string of the molecule is [18F]c1ccc(C(c2ccc([18F])cc2)n2cncn2)cc1. The van der Waals surface area contributed by atoms with Crippen molar-refractivity contribution >= 4 is 0 Å². The van der Waals surface area contributed by atoms with E-state index in [1.165, 1.54) is 30.6 Å². The quantitative estimate of drug-likeness (QED) is 0.731. The molecule has 0 radical (unpaired) electrons. The van der Waals surface area contributed by atoms with E-state index in [4.69, 9.17) is 0 Å². The molecule has 5 heteroatoms. The Bertz CT molecular complexity index is 631. The average Bonchev–Trinajstić information content (AvgIpc) is 2.97. The first-order valence-corrected chi connectivity index (χ1v) is 6.09. The van der Waals surface area contributed by atoms with E-state index in [1.54, 1.807) is 35.3 Å². The summed E-state index contributed by atoms with van der Waals surface area (Å²) < 4.78 is 27.8. The summed E-state index contributed by atoms with van der Waals surface area (Å²) in [5.41, 5.74) is 1.70.